The fourth-order valence-electron chi connectivity index (χ4n) is 3.38. The van der Waals surface area contributed by atoms with Crippen molar-refractivity contribution in [3.05, 3.63) is 30.1 Å². The standard InChI is InChI=1S/C17H21N9O/c18-15-14-17(22-16(21-15)11-2-3-11)26(24-23-14)9-12-8-25(6-7-27-12)10-13-19-4-1-5-20-13/h1,4-5,11-12H,2-3,6-10H2,(H2,18,21,22)/t12-/m1/s1. The van der Waals surface area contributed by atoms with Gasteiger partial charge in [-0.15, -0.1) is 5.10 Å². The summed E-state index contributed by atoms with van der Waals surface area (Å²) in [5.74, 6) is 2.45. The van der Waals surface area contributed by atoms with Crippen molar-refractivity contribution in [1.82, 2.24) is 39.8 Å². The van der Waals surface area contributed by atoms with Crippen LogP contribution in [-0.4, -0.2) is 65.6 Å². The molecular formula is C17H21N9O. The number of hydrogen-bond acceptors (Lipinski definition) is 9. The van der Waals surface area contributed by atoms with Crippen LogP contribution in [0.4, 0.5) is 5.82 Å². The molecule has 4 heterocycles. The average molecular weight is 367 g/mol. The Balaban J connectivity index is 1.32. The van der Waals surface area contributed by atoms with Crippen LogP contribution < -0.4 is 5.73 Å². The Morgan fingerprint density at radius 1 is 1.19 bits per heavy atom. The average Bonchev–Trinajstić information content (AvgIpc) is 3.45. The van der Waals surface area contributed by atoms with E-state index in [-0.39, 0.29) is 6.10 Å². The number of nitrogen functional groups attached to an aromatic ring is 1. The first-order valence-electron chi connectivity index (χ1n) is 9.23. The van der Waals surface area contributed by atoms with E-state index in [0.717, 1.165) is 37.6 Å². The molecule has 27 heavy (non-hydrogen) atoms. The van der Waals surface area contributed by atoms with Gasteiger partial charge in [0.1, 0.15) is 11.6 Å². The summed E-state index contributed by atoms with van der Waals surface area (Å²) in [4.78, 5) is 19.9. The van der Waals surface area contributed by atoms with Gasteiger partial charge in [-0.1, -0.05) is 5.21 Å². The van der Waals surface area contributed by atoms with Gasteiger partial charge in [0.05, 0.1) is 25.8 Å². The van der Waals surface area contributed by atoms with Gasteiger partial charge in [-0.2, -0.15) is 0 Å². The van der Waals surface area contributed by atoms with Crippen LogP contribution in [0.5, 0.6) is 0 Å². The highest BCUT2D eigenvalue weighted by Crippen LogP contribution is 2.38. The Morgan fingerprint density at radius 2 is 2.04 bits per heavy atom. The molecule has 1 saturated heterocycles. The monoisotopic (exact) mass is 367 g/mol. The van der Waals surface area contributed by atoms with Crippen LogP contribution in [-0.2, 0) is 17.8 Å². The Hall–Kier alpha value is -2.72. The summed E-state index contributed by atoms with van der Waals surface area (Å²) in [6.07, 6.45) is 5.77. The van der Waals surface area contributed by atoms with Crippen molar-refractivity contribution < 1.29 is 4.74 Å². The smallest absolute Gasteiger partial charge is 0.184 e. The second kappa shape index (κ2) is 6.78. The van der Waals surface area contributed by atoms with E-state index in [1.807, 2.05) is 6.07 Å². The van der Waals surface area contributed by atoms with Crippen molar-refractivity contribution in [3.63, 3.8) is 0 Å². The molecule has 2 fully saturated rings. The van der Waals surface area contributed by atoms with E-state index >= 15 is 0 Å². The molecule has 2 N–H and O–H groups in total. The number of anilines is 1. The molecule has 0 bridgehead atoms. The van der Waals surface area contributed by atoms with Crippen molar-refractivity contribution in [2.24, 2.45) is 0 Å². The van der Waals surface area contributed by atoms with Gasteiger partial charge in [0, 0.05) is 31.4 Å². The number of morpholine rings is 1. The molecule has 1 atom stereocenters. The molecule has 1 aliphatic heterocycles. The number of nitrogens with two attached hydrogens (primary N) is 1. The second-order valence-electron chi connectivity index (χ2n) is 7.08. The van der Waals surface area contributed by atoms with Crippen molar-refractivity contribution in [2.45, 2.75) is 38.0 Å². The number of nitrogens with zero attached hydrogens (tertiary/aromatic N) is 8. The van der Waals surface area contributed by atoms with Crippen LogP contribution in [0.1, 0.15) is 30.4 Å². The van der Waals surface area contributed by atoms with Gasteiger partial charge in [-0.05, 0) is 18.9 Å². The van der Waals surface area contributed by atoms with Crippen LogP contribution >= 0.6 is 0 Å². The predicted molar refractivity (Wildman–Crippen MR) is 96.6 cm³/mol. The van der Waals surface area contributed by atoms with Crippen molar-refractivity contribution >= 4 is 17.0 Å². The van der Waals surface area contributed by atoms with Crippen molar-refractivity contribution in [2.75, 3.05) is 25.4 Å². The highest BCUT2D eigenvalue weighted by Gasteiger charge is 2.29. The third-order valence-electron chi connectivity index (χ3n) is 4.93. The molecule has 3 aromatic rings. The SMILES string of the molecule is Nc1nc(C2CC2)nc2c1nnn2C[C@H]1CN(Cc2ncccn2)CCO1. The third kappa shape index (κ3) is 3.45. The zero-order valence-electron chi connectivity index (χ0n) is 14.9. The maximum Gasteiger partial charge on any atom is 0.184 e. The lowest BCUT2D eigenvalue weighted by atomic mass is 10.2. The summed E-state index contributed by atoms with van der Waals surface area (Å²) in [6.45, 7) is 3.57. The van der Waals surface area contributed by atoms with E-state index in [1.54, 1.807) is 17.1 Å². The van der Waals surface area contributed by atoms with Gasteiger partial charge < -0.3 is 10.5 Å². The topological polar surface area (TPSA) is 121 Å². The molecule has 1 aliphatic carbocycles. The molecule has 5 rings (SSSR count). The number of fused-ring (bicyclic) bond motifs is 1. The highest BCUT2D eigenvalue weighted by molar-refractivity contribution is 5.80. The lowest BCUT2D eigenvalue weighted by Crippen LogP contribution is -2.44. The minimum Gasteiger partial charge on any atom is -0.382 e. The summed E-state index contributed by atoms with van der Waals surface area (Å²) < 4.78 is 7.73. The molecule has 0 amide bonds. The summed E-state index contributed by atoms with van der Waals surface area (Å²) in [6, 6.07) is 1.82. The Kier molecular flexibility index (Phi) is 4.13. The van der Waals surface area contributed by atoms with Gasteiger partial charge in [0.2, 0.25) is 0 Å². The molecule has 0 spiro atoms. The fourth-order valence-corrected chi connectivity index (χ4v) is 3.38. The van der Waals surface area contributed by atoms with Crippen molar-refractivity contribution in [1.29, 1.82) is 0 Å². The zero-order valence-corrected chi connectivity index (χ0v) is 14.9. The van der Waals surface area contributed by atoms with Gasteiger partial charge in [-0.25, -0.2) is 24.6 Å². The quantitative estimate of drug-likeness (QED) is 0.681. The van der Waals surface area contributed by atoms with Gasteiger partial charge in [0.25, 0.3) is 0 Å². The maximum atomic E-state index is 6.06. The Morgan fingerprint density at radius 3 is 2.85 bits per heavy atom. The summed E-state index contributed by atoms with van der Waals surface area (Å²) >= 11 is 0. The minimum atomic E-state index is -0.00655. The third-order valence-corrected chi connectivity index (χ3v) is 4.93. The van der Waals surface area contributed by atoms with Crippen molar-refractivity contribution in [3.8, 4) is 0 Å². The molecule has 0 unspecified atom stereocenters. The van der Waals surface area contributed by atoms with Crippen LogP contribution in [0.3, 0.4) is 0 Å². The molecule has 0 aromatic carbocycles. The fraction of sp³-hybridized carbons (Fsp3) is 0.529. The molecule has 1 saturated carbocycles. The Labute approximate surface area is 155 Å². The van der Waals surface area contributed by atoms with E-state index in [1.165, 1.54) is 0 Å². The minimum absolute atomic E-state index is 0.00655. The molecule has 2 aliphatic rings. The summed E-state index contributed by atoms with van der Waals surface area (Å²) in [5.41, 5.74) is 7.31. The molecule has 0 radical (unpaired) electrons. The molecule has 10 heteroatoms. The van der Waals surface area contributed by atoms with E-state index in [2.05, 4.69) is 35.1 Å². The number of aromatic nitrogens is 7. The largest absolute Gasteiger partial charge is 0.382 e. The summed E-state index contributed by atoms with van der Waals surface area (Å²) in [5, 5.41) is 8.41. The van der Waals surface area contributed by atoms with Crippen LogP contribution in [0, 0.1) is 0 Å². The van der Waals surface area contributed by atoms with Crippen LogP contribution in [0.2, 0.25) is 0 Å². The van der Waals surface area contributed by atoms with Crippen LogP contribution in [0.25, 0.3) is 11.2 Å². The van der Waals surface area contributed by atoms with E-state index < -0.39 is 0 Å². The lowest BCUT2D eigenvalue weighted by molar-refractivity contribution is -0.0406. The Bertz CT molecular complexity index is 940. The molecule has 3 aromatic heterocycles. The number of rotatable bonds is 5. The first-order chi connectivity index (χ1) is 13.3. The second-order valence-corrected chi connectivity index (χ2v) is 7.08. The highest BCUT2D eigenvalue weighted by atomic mass is 16.5. The van der Waals surface area contributed by atoms with E-state index in [0.29, 0.717) is 42.6 Å². The first kappa shape index (κ1) is 16.5. The maximum absolute atomic E-state index is 6.06. The first-order valence-corrected chi connectivity index (χ1v) is 9.23. The summed E-state index contributed by atoms with van der Waals surface area (Å²) in [7, 11) is 0. The van der Waals surface area contributed by atoms with Gasteiger partial charge in [-0.3, -0.25) is 4.90 Å². The van der Waals surface area contributed by atoms with Gasteiger partial charge in [0.15, 0.2) is 17.0 Å². The zero-order chi connectivity index (χ0) is 18.2. The number of ether oxygens (including phenoxy) is 1. The normalized spacial score (nSPS) is 21.0. The van der Waals surface area contributed by atoms with E-state index in [9.17, 15) is 0 Å². The lowest BCUT2D eigenvalue weighted by Gasteiger charge is -2.32. The van der Waals surface area contributed by atoms with E-state index in [4.69, 9.17) is 10.5 Å². The molecular weight excluding hydrogens is 346 g/mol. The van der Waals surface area contributed by atoms with Gasteiger partial charge >= 0.3 is 0 Å². The molecule has 140 valence electrons. The molecule has 10 nitrogen and oxygen atoms in total. The van der Waals surface area contributed by atoms with Crippen LogP contribution in [0.15, 0.2) is 18.5 Å². The predicted octanol–water partition coefficient (Wildman–Crippen LogP) is 0.372. The number of hydrogen-bond donors (Lipinski definition) is 1.